The van der Waals surface area contributed by atoms with Gasteiger partial charge in [-0.1, -0.05) is 20.8 Å². The van der Waals surface area contributed by atoms with Crippen molar-refractivity contribution in [3.8, 4) is 0 Å². The zero-order valence-corrected chi connectivity index (χ0v) is 9.14. The zero-order valence-electron chi connectivity index (χ0n) is 9.14. The summed E-state index contributed by atoms with van der Waals surface area (Å²) in [5, 5.41) is 12.7. The monoisotopic (exact) mass is 185 g/mol. The normalized spacial score (nSPS) is 21.9. The van der Waals surface area contributed by atoms with Gasteiger partial charge in [-0.3, -0.25) is 0 Å². The number of aliphatic hydroxyl groups is 1. The number of hydrogen-bond donors (Lipinski definition) is 2. The molecule has 0 aromatic heterocycles. The lowest BCUT2D eigenvalue weighted by molar-refractivity contribution is 0.162. The Hall–Kier alpha value is -0.0800. The fourth-order valence-electron chi connectivity index (χ4n) is 1.75. The van der Waals surface area contributed by atoms with Crippen LogP contribution in [-0.4, -0.2) is 24.3 Å². The molecule has 1 fully saturated rings. The van der Waals surface area contributed by atoms with Gasteiger partial charge in [-0.2, -0.15) is 0 Å². The Balaban J connectivity index is 2.12. The van der Waals surface area contributed by atoms with Crippen molar-refractivity contribution in [2.75, 3.05) is 13.1 Å². The number of aliphatic hydroxyl groups excluding tert-OH is 1. The van der Waals surface area contributed by atoms with E-state index in [1.54, 1.807) is 0 Å². The first-order valence-electron chi connectivity index (χ1n) is 5.49. The van der Waals surface area contributed by atoms with Gasteiger partial charge in [0.1, 0.15) is 0 Å². The van der Waals surface area contributed by atoms with E-state index in [0.717, 1.165) is 25.4 Å². The fourth-order valence-corrected chi connectivity index (χ4v) is 1.75. The van der Waals surface area contributed by atoms with E-state index in [4.69, 9.17) is 0 Å². The van der Waals surface area contributed by atoms with E-state index in [2.05, 4.69) is 19.2 Å². The van der Waals surface area contributed by atoms with Crippen LogP contribution in [0.5, 0.6) is 0 Å². The van der Waals surface area contributed by atoms with Gasteiger partial charge in [0.15, 0.2) is 0 Å². The molecule has 0 radical (unpaired) electrons. The van der Waals surface area contributed by atoms with Crippen LogP contribution in [0.15, 0.2) is 0 Å². The standard InChI is InChI=1S/C11H23NO/c1-4-10(13)7-12-8-11(5-6-11)9(2)3/h9-10,12-13H,4-8H2,1-3H3. The molecule has 1 aliphatic rings. The minimum Gasteiger partial charge on any atom is -0.392 e. The fraction of sp³-hybridized carbons (Fsp3) is 1.00. The van der Waals surface area contributed by atoms with Gasteiger partial charge < -0.3 is 10.4 Å². The first kappa shape index (κ1) is 11.0. The lowest BCUT2D eigenvalue weighted by atomic mass is 9.92. The van der Waals surface area contributed by atoms with Gasteiger partial charge in [0.05, 0.1) is 6.10 Å². The summed E-state index contributed by atoms with van der Waals surface area (Å²) in [5.41, 5.74) is 0.563. The minimum absolute atomic E-state index is 0.164. The number of nitrogens with one attached hydrogen (secondary N) is 1. The van der Waals surface area contributed by atoms with Gasteiger partial charge in [-0.05, 0) is 30.6 Å². The molecule has 1 rings (SSSR count). The van der Waals surface area contributed by atoms with E-state index in [1.165, 1.54) is 12.8 Å². The summed E-state index contributed by atoms with van der Waals surface area (Å²) in [5.74, 6) is 0.777. The van der Waals surface area contributed by atoms with Crippen LogP contribution < -0.4 is 5.32 Å². The second-order valence-electron chi connectivity index (χ2n) is 4.71. The lowest BCUT2D eigenvalue weighted by Gasteiger charge is -2.20. The van der Waals surface area contributed by atoms with Crippen LogP contribution in [0, 0.1) is 11.3 Å². The van der Waals surface area contributed by atoms with Gasteiger partial charge in [-0.15, -0.1) is 0 Å². The van der Waals surface area contributed by atoms with Gasteiger partial charge in [0.2, 0.25) is 0 Å². The first-order valence-corrected chi connectivity index (χ1v) is 5.49. The van der Waals surface area contributed by atoms with Gasteiger partial charge in [0.25, 0.3) is 0 Å². The molecule has 2 N–H and O–H groups in total. The summed E-state index contributed by atoms with van der Waals surface area (Å²) in [7, 11) is 0. The molecule has 0 aromatic carbocycles. The summed E-state index contributed by atoms with van der Waals surface area (Å²) in [6.07, 6.45) is 3.41. The molecule has 0 saturated heterocycles. The van der Waals surface area contributed by atoms with Crippen LogP contribution >= 0.6 is 0 Å². The highest BCUT2D eigenvalue weighted by molar-refractivity contribution is 4.97. The Morgan fingerprint density at radius 3 is 2.38 bits per heavy atom. The molecule has 1 atom stereocenters. The average Bonchev–Trinajstić information content (AvgIpc) is 2.85. The maximum absolute atomic E-state index is 9.35. The van der Waals surface area contributed by atoms with E-state index in [1.807, 2.05) is 6.92 Å². The third-order valence-corrected chi connectivity index (χ3v) is 3.45. The third-order valence-electron chi connectivity index (χ3n) is 3.45. The molecule has 0 heterocycles. The van der Waals surface area contributed by atoms with Crippen LogP contribution in [0.1, 0.15) is 40.0 Å². The van der Waals surface area contributed by atoms with E-state index in [9.17, 15) is 5.11 Å². The SMILES string of the molecule is CCC(O)CNCC1(C(C)C)CC1. The first-order chi connectivity index (χ1) is 6.10. The second kappa shape index (κ2) is 4.43. The Kier molecular flexibility index (Phi) is 3.74. The van der Waals surface area contributed by atoms with Crippen molar-refractivity contribution in [1.82, 2.24) is 5.32 Å². The molecule has 1 saturated carbocycles. The van der Waals surface area contributed by atoms with E-state index in [-0.39, 0.29) is 6.10 Å². The quantitative estimate of drug-likeness (QED) is 0.661. The zero-order chi connectivity index (χ0) is 9.90. The van der Waals surface area contributed by atoms with Crippen molar-refractivity contribution in [3.63, 3.8) is 0 Å². The molecule has 1 unspecified atom stereocenters. The van der Waals surface area contributed by atoms with Crippen molar-refractivity contribution in [1.29, 1.82) is 0 Å². The minimum atomic E-state index is -0.164. The van der Waals surface area contributed by atoms with Crippen LogP contribution in [0.4, 0.5) is 0 Å². The van der Waals surface area contributed by atoms with Crippen LogP contribution in [0.2, 0.25) is 0 Å². The number of rotatable bonds is 6. The van der Waals surface area contributed by atoms with Crippen LogP contribution in [-0.2, 0) is 0 Å². The van der Waals surface area contributed by atoms with Gasteiger partial charge in [-0.25, -0.2) is 0 Å². The summed E-state index contributed by atoms with van der Waals surface area (Å²) in [6.45, 7) is 8.45. The molecule has 2 heteroatoms. The van der Waals surface area contributed by atoms with Crippen molar-refractivity contribution in [2.24, 2.45) is 11.3 Å². The predicted molar refractivity (Wildman–Crippen MR) is 55.7 cm³/mol. The molecule has 0 aliphatic heterocycles. The Morgan fingerprint density at radius 1 is 1.38 bits per heavy atom. The number of hydrogen-bond acceptors (Lipinski definition) is 2. The average molecular weight is 185 g/mol. The Morgan fingerprint density at radius 2 is 2.00 bits per heavy atom. The molecule has 0 spiro atoms. The van der Waals surface area contributed by atoms with Crippen LogP contribution in [0.25, 0.3) is 0 Å². The molecular weight excluding hydrogens is 162 g/mol. The van der Waals surface area contributed by atoms with E-state index >= 15 is 0 Å². The van der Waals surface area contributed by atoms with Crippen molar-refractivity contribution >= 4 is 0 Å². The topological polar surface area (TPSA) is 32.3 Å². The van der Waals surface area contributed by atoms with E-state index in [0.29, 0.717) is 5.41 Å². The highest BCUT2D eigenvalue weighted by Crippen LogP contribution is 2.51. The second-order valence-corrected chi connectivity index (χ2v) is 4.71. The maximum Gasteiger partial charge on any atom is 0.0662 e. The molecule has 0 bridgehead atoms. The maximum atomic E-state index is 9.35. The summed E-state index contributed by atoms with van der Waals surface area (Å²) >= 11 is 0. The summed E-state index contributed by atoms with van der Waals surface area (Å²) in [6, 6.07) is 0. The molecule has 2 nitrogen and oxygen atoms in total. The van der Waals surface area contributed by atoms with Crippen molar-refractivity contribution in [2.45, 2.75) is 46.1 Å². The molecule has 78 valence electrons. The molecule has 1 aliphatic carbocycles. The van der Waals surface area contributed by atoms with Crippen LogP contribution in [0.3, 0.4) is 0 Å². The highest BCUT2D eigenvalue weighted by atomic mass is 16.3. The smallest absolute Gasteiger partial charge is 0.0662 e. The lowest BCUT2D eigenvalue weighted by Crippen LogP contribution is -2.33. The third kappa shape index (κ3) is 2.96. The molecule has 0 amide bonds. The molecular formula is C11H23NO. The summed E-state index contributed by atoms with van der Waals surface area (Å²) < 4.78 is 0. The Bertz CT molecular complexity index is 152. The summed E-state index contributed by atoms with van der Waals surface area (Å²) in [4.78, 5) is 0. The van der Waals surface area contributed by atoms with Gasteiger partial charge >= 0.3 is 0 Å². The van der Waals surface area contributed by atoms with E-state index < -0.39 is 0 Å². The van der Waals surface area contributed by atoms with Gasteiger partial charge in [0, 0.05) is 13.1 Å². The Labute approximate surface area is 81.7 Å². The highest BCUT2D eigenvalue weighted by Gasteiger charge is 2.44. The molecule has 0 aromatic rings. The largest absolute Gasteiger partial charge is 0.392 e. The van der Waals surface area contributed by atoms with Crippen molar-refractivity contribution in [3.05, 3.63) is 0 Å². The predicted octanol–water partition coefficient (Wildman–Crippen LogP) is 1.78. The van der Waals surface area contributed by atoms with Crippen molar-refractivity contribution < 1.29 is 5.11 Å². The molecule has 13 heavy (non-hydrogen) atoms.